The molecule has 2 aromatic heterocycles. The molecule has 0 radical (unpaired) electrons. The third-order valence-corrected chi connectivity index (χ3v) is 5.32. The lowest BCUT2D eigenvalue weighted by Crippen LogP contribution is -2.52. The first-order chi connectivity index (χ1) is 14.5. The number of anilines is 1. The van der Waals surface area contributed by atoms with Crippen LogP contribution in [0, 0.1) is 6.92 Å². The van der Waals surface area contributed by atoms with E-state index in [0.717, 1.165) is 17.5 Å². The Morgan fingerprint density at radius 2 is 1.83 bits per heavy atom. The molecule has 8 nitrogen and oxygen atoms in total. The van der Waals surface area contributed by atoms with E-state index < -0.39 is 6.10 Å². The van der Waals surface area contributed by atoms with Gasteiger partial charge in [-0.05, 0) is 44.2 Å². The fourth-order valence-electron chi connectivity index (χ4n) is 3.44. The van der Waals surface area contributed by atoms with Crippen LogP contribution >= 0.6 is 11.6 Å². The molecule has 1 aliphatic rings. The third-order valence-electron chi connectivity index (χ3n) is 5.08. The molecule has 3 heterocycles. The van der Waals surface area contributed by atoms with Gasteiger partial charge in [0, 0.05) is 43.6 Å². The molecule has 30 heavy (non-hydrogen) atoms. The van der Waals surface area contributed by atoms with Crippen molar-refractivity contribution in [3.05, 3.63) is 59.6 Å². The van der Waals surface area contributed by atoms with Crippen molar-refractivity contribution < 1.29 is 9.53 Å². The lowest BCUT2D eigenvalue weighted by Gasteiger charge is -2.36. The summed E-state index contributed by atoms with van der Waals surface area (Å²) in [4.78, 5) is 20.9. The second-order valence-electron chi connectivity index (χ2n) is 7.12. The minimum Gasteiger partial charge on any atom is -0.481 e. The van der Waals surface area contributed by atoms with Crippen molar-refractivity contribution in [2.45, 2.75) is 20.0 Å². The lowest BCUT2D eigenvalue weighted by atomic mass is 10.2. The standard InChI is InChI=1S/C21H23ClN6O2/c1-15(30-18-5-3-4-17(22)14-18)21(29)27-12-10-26(11-13-27)19-6-7-20(25-24-19)28-9-8-23-16(28)2/h3-9,14-15H,10-13H2,1-2H3. The molecule has 1 fully saturated rings. The van der Waals surface area contributed by atoms with Crippen LogP contribution in [-0.4, -0.2) is 62.8 Å². The van der Waals surface area contributed by atoms with Gasteiger partial charge in [-0.1, -0.05) is 17.7 Å². The summed E-state index contributed by atoms with van der Waals surface area (Å²) in [7, 11) is 0. The summed E-state index contributed by atoms with van der Waals surface area (Å²) in [6, 6.07) is 10.9. The van der Waals surface area contributed by atoms with Gasteiger partial charge < -0.3 is 14.5 Å². The van der Waals surface area contributed by atoms with E-state index >= 15 is 0 Å². The van der Waals surface area contributed by atoms with Gasteiger partial charge in [-0.25, -0.2) is 4.98 Å². The Balaban J connectivity index is 1.33. The van der Waals surface area contributed by atoms with Gasteiger partial charge in [0.25, 0.3) is 5.91 Å². The minimum absolute atomic E-state index is 0.0355. The van der Waals surface area contributed by atoms with Crippen LogP contribution < -0.4 is 9.64 Å². The molecule has 3 aromatic rings. The predicted octanol–water partition coefficient (Wildman–Crippen LogP) is 2.74. The summed E-state index contributed by atoms with van der Waals surface area (Å²) in [5, 5.41) is 9.25. The summed E-state index contributed by atoms with van der Waals surface area (Å²) in [5.74, 6) is 2.94. The van der Waals surface area contributed by atoms with Crippen LogP contribution in [0.1, 0.15) is 12.7 Å². The normalized spacial score (nSPS) is 15.2. The van der Waals surface area contributed by atoms with Crippen molar-refractivity contribution in [2.24, 2.45) is 0 Å². The van der Waals surface area contributed by atoms with Gasteiger partial charge in [0.05, 0.1) is 0 Å². The van der Waals surface area contributed by atoms with Crippen LogP contribution in [0.4, 0.5) is 5.82 Å². The van der Waals surface area contributed by atoms with Crippen LogP contribution in [0.5, 0.6) is 5.75 Å². The molecule has 1 atom stereocenters. The molecule has 4 rings (SSSR count). The Hall–Kier alpha value is -3.13. The van der Waals surface area contributed by atoms with Crippen molar-refractivity contribution in [1.29, 1.82) is 0 Å². The molecule has 1 aromatic carbocycles. The second kappa shape index (κ2) is 8.71. The van der Waals surface area contributed by atoms with E-state index in [0.29, 0.717) is 37.0 Å². The van der Waals surface area contributed by atoms with Crippen LogP contribution in [0.25, 0.3) is 5.82 Å². The number of aromatic nitrogens is 4. The second-order valence-corrected chi connectivity index (χ2v) is 7.56. The first-order valence-corrected chi connectivity index (χ1v) is 10.2. The highest BCUT2D eigenvalue weighted by molar-refractivity contribution is 6.30. The molecule has 1 saturated heterocycles. The maximum absolute atomic E-state index is 12.8. The Morgan fingerprint density at radius 1 is 1.10 bits per heavy atom. The maximum atomic E-state index is 12.8. The van der Waals surface area contributed by atoms with Gasteiger partial charge in [0.15, 0.2) is 17.7 Å². The van der Waals surface area contributed by atoms with E-state index in [1.54, 1.807) is 37.4 Å². The van der Waals surface area contributed by atoms with Crippen molar-refractivity contribution in [1.82, 2.24) is 24.6 Å². The monoisotopic (exact) mass is 426 g/mol. The molecule has 9 heteroatoms. The Morgan fingerprint density at radius 3 is 2.47 bits per heavy atom. The van der Waals surface area contributed by atoms with Crippen molar-refractivity contribution in [3.63, 3.8) is 0 Å². The average Bonchev–Trinajstić information content (AvgIpc) is 3.19. The fraction of sp³-hybridized carbons (Fsp3) is 0.333. The molecule has 0 aliphatic carbocycles. The highest BCUT2D eigenvalue weighted by Crippen LogP contribution is 2.20. The van der Waals surface area contributed by atoms with Crippen molar-refractivity contribution in [2.75, 3.05) is 31.1 Å². The smallest absolute Gasteiger partial charge is 0.263 e. The summed E-state index contributed by atoms with van der Waals surface area (Å²) in [6.07, 6.45) is 3.02. The molecule has 0 saturated carbocycles. The zero-order valence-corrected chi connectivity index (χ0v) is 17.7. The molecule has 0 bridgehead atoms. The molecule has 156 valence electrons. The molecular formula is C21H23ClN6O2. The summed E-state index contributed by atoms with van der Waals surface area (Å²) in [6.45, 7) is 6.26. The van der Waals surface area contributed by atoms with Gasteiger partial charge in [-0.2, -0.15) is 0 Å². The maximum Gasteiger partial charge on any atom is 0.263 e. The first-order valence-electron chi connectivity index (χ1n) is 9.81. The number of halogens is 1. The SMILES string of the molecule is Cc1nccn1-c1ccc(N2CCN(C(=O)C(C)Oc3cccc(Cl)c3)CC2)nn1. The van der Waals surface area contributed by atoms with Crippen LogP contribution in [0.2, 0.25) is 5.02 Å². The Kier molecular flexibility index (Phi) is 5.85. The molecule has 0 spiro atoms. The number of aryl methyl sites for hydroxylation is 1. The van der Waals surface area contributed by atoms with Gasteiger partial charge >= 0.3 is 0 Å². The molecular weight excluding hydrogens is 404 g/mol. The number of benzene rings is 1. The number of nitrogens with zero attached hydrogens (tertiary/aromatic N) is 6. The largest absolute Gasteiger partial charge is 0.481 e. The number of hydrogen-bond donors (Lipinski definition) is 0. The Labute approximate surface area is 180 Å². The zero-order chi connectivity index (χ0) is 21.1. The lowest BCUT2D eigenvalue weighted by molar-refractivity contribution is -0.138. The first kappa shape index (κ1) is 20.2. The summed E-state index contributed by atoms with van der Waals surface area (Å²) in [5.41, 5.74) is 0. The van der Waals surface area contributed by atoms with Crippen LogP contribution in [-0.2, 0) is 4.79 Å². The highest BCUT2D eigenvalue weighted by atomic mass is 35.5. The predicted molar refractivity (Wildman–Crippen MR) is 114 cm³/mol. The van der Waals surface area contributed by atoms with Crippen molar-refractivity contribution in [3.8, 4) is 11.6 Å². The Bertz CT molecular complexity index is 1010. The van der Waals surface area contributed by atoms with Gasteiger partial charge in [0.2, 0.25) is 0 Å². The number of imidazole rings is 1. The number of carbonyl (C=O) groups is 1. The average molecular weight is 427 g/mol. The van der Waals surface area contributed by atoms with Gasteiger partial charge in [-0.15, -0.1) is 10.2 Å². The van der Waals surface area contributed by atoms with E-state index in [1.807, 2.05) is 34.7 Å². The van der Waals surface area contributed by atoms with Gasteiger partial charge in [-0.3, -0.25) is 9.36 Å². The number of carbonyl (C=O) groups excluding carboxylic acids is 1. The third kappa shape index (κ3) is 4.38. The van der Waals surface area contributed by atoms with E-state index in [-0.39, 0.29) is 5.91 Å². The quantitative estimate of drug-likeness (QED) is 0.624. The van der Waals surface area contributed by atoms with E-state index in [1.165, 1.54) is 0 Å². The topological polar surface area (TPSA) is 76.4 Å². The number of hydrogen-bond acceptors (Lipinski definition) is 6. The molecule has 1 amide bonds. The fourth-order valence-corrected chi connectivity index (χ4v) is 3.62. The van der Waals surface area contributed by atoms with Gasteiger partial charge in [0.1, 0.15) is 11.6 Å². The summed E-state index contributed by atoms with van der Waals surface area (Å²) >= 11 is 5.98. The van der Waals surface area contributed by atoms with E-state index in [2.05, 4.69) is 20.1 Å². The number of ether oxygens (including phenoxy) is 1. The van der Waals surface area contributed by atoms with E-state index in [9.17, 15) is 4.79 Å². The summed E-state index contributed by atoms with van der Waals surface area (Å²) < 4.78 is 7.64. The number of amides is 1. The van der Waals surface area contributed by atoms with Crippen molar-refractivity contribution >= 4 is 23.3 Å². The molecule has 1 unspecified atom stereocenters. The van der Waals surface area contributed by atoms with Crippen LogP contribution in [0.3, 0.4) is 0 Å². The number of piperazine rings is 1. The van der Waals surface area contributed by atoms with Crippen LogP contribution in [0.15, 0.2) is 48.8 Å². The molecule has 1 aliphatic heterocycles. The number of rotatable bonds is 5. The minimum atomic E-state index is -0.576. The zero-order valence-electron chi connectivity index (χ0n) is 16.9. The highest BCUT2D eigenvalue weighted by Gasteiger charge is 2.26. The molecule has 0 N–H and O–H groups in total. The van der Waals surface area contributed by atoms with E-state index in [4.69, 9.17) is 16.3 Å².